The van der Waals surface area contributed by atoms with Crippen molar-refractivity contribution in [2.24, 2.45) is 5.73 Å². The maximum atomic E-state index is 14.1. The van der Waals surface area contributed by atoms with Gasteiger partial charge < -0.3 is 25.8 Å². The van der Waals surface area contributed by atoms with Gasteiger partial charge in [0.05, 0.1) is 10.0 Å². The summed E-state index contributed by atoms with van der Waals surface area (Å²) in [5, 5.41) is 29.0. The molecule has 2 aromatic rings. The molecule has 0 amide bonds. The molecule has 0 saturated heterocycles. The van der Waals surface area contributed by atoms with Crippen LogP contribution >= 0.6 is 23.2 Å². The largest absolute Gasteiger partial charge is 0.505 e. The third kappa shape index (κ3) is 2.43. The van der Waals surface area contributed by atoms with Gasteiger partial charge in [-0.1, -0.05) is 23.2 Å². The van der Waals surface area contributed by atoms with Gasteiger partial charge in [-0.2, -0.15) is 0 Å². The molecule has 2 aromatic carbocycles. The van der Waals surface area contributed by atoms with E-state index in [-0.39, 0.29) is 45.5 Å². The fraction of sp³-hybridized carbons (Fsp3) is 0.200. The number of fused-ring (bicyclic) bond motifs is 1. The number of ether oxygens (including phenoxy) is 1. The molecule has 0 aliphatic carbocycles. The van der Waals surface area contributed by atoms with Crippen LogP contribution in [0.2, 0.25) is 10.0 Å². The van der Waals surface area contributed by atoms with E-state index in [2.05, 4.69) is 0 Å². The Balaban J connectivity index is 2.30. The van der Waals surface area contributed by atoms with Gasteiger partial charge in [-0.3, -0.25) is 0 Å². The standard InChI is InChI=1S/C15H12Cl2FNO4/c16-8-3-10(20)14(22)12(17)11(8)6-2-9(18)13(21)7-1-5(4-19)23-15(6)7/h2-3,5,20-22H,1,4,19H2. The minimum atomic E-state index is -0.875. The second kappa shape index (κ2) is 5.63. The molecule has 1 aliphatic heterocycles. The Kier molecular flexibility index (Phi) is 3.91. The molecule has 5 nitrogen and oxygen atoms in total. The lowest BCUT2D eigenvalue weighted by Gasteiger charge is -2.15. The van der Waals surface area contributed by atoms with Crippen molar-refractivity contribution in [2.75, 3.05) is 6.54 Å². The zero-order valence-electron chi connectivity index (χ0n) is 11.6. The van der Waals surface area contributed by atoms with Crippen LogP contribution in [0.25, 0.3) is 11.1 Å². The fourth-order valence-electron chi connectivity index (χ4n) is 2.60. The summed E-state index contributed by atoms with van der Waals surface area (Å²) in [6.07, 6.45) is -0.179. The number of benzene rings is 2. The summed E-state index contributed by atoms with van der Waals surface area (Å²) in [5.41, 5.74) is 6.09. The van der Waals surface area contributed by atoms with E-state index in [1.54, 1.807) is 0 Å². The number of hydrogen-bond donors (Lipinski definition) is 4. The SMILES string of the molecule is NCC1Cc2c(O)c(F)cc(-c3c(Cl)cc(O)c(O)c3Cl)c2O1. The molecule has 0 saturated carbocycles. The van der Waals surface area contributed by atoms with E-state index in [0.29, 0.717) is 0 Å². The van der Waals surface area contributed by atoms with Gasteiger partial charge in [0.2, 0.25) is 0 Å². The minimum Gasteiger partial charge on any atom is -0.505 e. The van der Waals surface area contributed by atoms with Crippen molar-refractivity contribution >= 4 is 23.2 Å². The monoisotopic (exact) mass is 359 g/mol. The molecule has 1 unspecified atom stereocenters. The van der Waals surface area contributed by atoms with Gasteiger partial charge in [0.15, 0.2) is 23.1 Å². The summed E-state index contributed by atoms with van der Waals surface area (Å²) in [6.45, 7) is 0.178. The molecule has 1 heterocycles. The maximum Gasteiger partial charge on any atom is 0.177 e. The van der Waals surface area contributed by atoms with Crippen LogP contribution in [-0.4, -0.2) is 28.0 Å². The third-order valence-corrected chi connectivity index (χ3v) is 4.39. The fourth-order valence-corrected chi connectivity index (χ4v) is 3.24. The Hall–Kier alpha value is -1.89. The van der Waals surface area contributed by atoms with Crippen LogP contribution in [0, 0.1) is 5.82 Å². The van der Waals surface area contributed by atoms with Gasteiger partial charge in [-0.05, 0) is 6.07 Å². The summed E-state index contributed by atoms with van der Waals surface area (Å²) in [6, 6.07) is 2.10. The van der Waals surface area contributed by atoms with Crippen molar-refractivity contribution in [2.45, 2.75) is 12.5 Å². The lowest BCUT2D eigenvalue weighted by Crippen LogP contribution is -2.24. The van der Waals surface area contributed by atoms with Crippen LogP contribution in [0.15, 0.2) is 12.1 Å². The van der Waals surface area contributed by atoms with E-state index in [0.717, 1.165) is 12.1 Å². The van der Waals surface area contributed by atoms with Crippen molar-refractivity contribution < 1.29 is 24.4 Å². The predicted molar refractivity (Wildman–Crippen MR) is 84.0 cm³/mol. The smallest absolute Gasteiger partial charge is 0.177 e. The van der Waals surface area contributed by atoms with Crippen LogP contribution in [-0.2, 0) is 6.42 Å². The van der Waals surface area contributed by atoms with Crippen LogP contribution in [0.5, 0.6) is 23.0 Å². The highest BCUT2D eigenvalue weighted by atomic mass is 35.5. The molecule has 23 heavy (non-hydrogen) atoms. The van der Waals surface area contributed by atoms with Crippen molar-refractivity contribution in [3.63, 3.8) is 0 Å². The normalized spacial score (nSPS) is 16.3. The summed E-state index contributed by atoms with van der Waals surface area (Å²) < 4.78 is 19.7. The zero-order chi connectivity index (χ0) is 16.9. The molecular formula is C15H12Cl2FNO4. The summed E-state index contributed by atoms with van der Waals surface area (Å²) in [7, 11) is 0. The first-order valence-electron chi connectivity index (χ1n) is 6.66. The minimum absolute atomic E-state index is 0.00242. The number of aromatic hydroxyl groups is 3. The quantitative estimate of drug-likeness (QED) is 0.617. The number of nitrogens with two attached hydrogens (primary N) is 1. The van der Waals surface area contributed by atoms with Crippen LogP contribution < -0.4 is 10.5 Å². The molecular weight excluding hydrogens is 348 g/mol. The Morgan fingerprint density at radius 1 is 1.22 bits per heavy atom. The van der Waals surface area contributed by atoms with Crippen molar-refractivity contribution in [1.82, 2.24) is 0 Å². The average Bonchev–Trinajstić information content (AvgIpc) is 2.94. The number of phenols is 3. The van der Waals surface area contributed by atoms with Gasteiger partial charge in [0, 0.05) is 35.7 Å². The second-order valence-corrected chi connectivity index (χ2v) is 5.94. The molecule has 122 valence electrons. The molecule has 0 radical (unpaired) electrons. The lowest BCUT2D eigenvalue weighted by molar-refractivity contribution is 0.242. The molecule has 0 bridgehead atoms. The number of hydrogen-bond acceptors (Lipinski definition) is 5. The number of phenolic OH excluding ortho intramolecular Hbond substituents is 3. The third-order valence-electron chi connectivity index (χ3n) is 3.72. The second-order valence-electron chi connectivity index (χ2n) is 5.16. The predicted octanol–water partition coefficient (Wildman–Crippen LogP) is 3.18. The van der Waals surface area contributed by atoms with E-state index in [1.807, 2.05) is 0 Å². The first kappa shape index (κ1) is 16.0. The first-order valence-corrected chi connectivity index (χ1v) is 7.42. The average molecular weight is 360 g/mol. The zero-order valence-corrected chi connectivity index (χ0v) is 13.1. The highest BCUT2D eigenvalue weighted by molar-refractivity contribution is 6.40. The highest BCUT2D eigenvalue weighted by Crippen LogP contribution is 2.51. The Labute approximate surface area is 140 Å². The molecule has 0 spiro atoms. The highest BCUT2D eigenvalue weighted by Gasteiger charge is 2.32. The van der Waals surface area contributed by atoms with Crippen LogP contribution in [0.4, 0.5) is 4.39 Å². The molecule has 5 N–H and O–H groups in total. The van der Waals surface area contributed by atoms with Gasteiger partial charge >= 0.3 is 0 Å². The summed E-state index contributed by atoms with van der Waals surface area (Å²) in [4.78, 5) is 0. The van der Waals surface area contributed by atoms with Gasteiger partial charge in [0.1, 0.15) is 11.9 Å². The molecule has 3 rings (SSSR count). The Morgan fingerprint density at radius 3 is 2.57 bits per heavy atom. The molecule has 8 heteroatoms. The maximum absolute atomic E-state index is 14.1. The first-order chi connectivity index (χ1) is 10.8. The van der Waals surface area contributed by atoms with E-state index in [4.69, 9.17) is 33.7 Å². The van der Waals surface area contributed by atoms with Gasteiger partial charge in [-0.15, -0.1) is 0 Å². The topological polar surface area (TPSA) is 95.9 Å². The molecule has 0 fully saturated rings. The summed E-state index contributed by atoms with van der Waals surface area (Å²) >= 11 is 12.1. The number of rotatable bonds is 2. The van der Waals surface area contributed by atoms with E-state index in [1.165, 1.54) is 0 Å². The van der Waals surface area contributed by atoms with E-state index in [9.17, 15) is 19.7 Å². The van der Waals surface area contributed by atoms with E-state index < -0.39 is 29.2 Å². The molecule has 1 atom stereocenters. The number of halogens is 3. The van der Waals surface area contributed by atoms with Crippen molar-refractivity contribution in [3.8, 4) is 34.1 Å². The Bertz CT molecular complexity index is 813. The van der Waals surface area contributed by atoms with Crippen molar-refractivity contribution in [3.05, 3.63) is 33.6 Å². The van der Waals surface area contributed by atoms with Crippen LogP contribution in [0.1, 0.15) is 5.56 Å². The van der Waals surface area contributed by atoms with Gasteiger partial charge in [0.25, 0.3) is 0 Å². The summed E-state index contributed by atoms with van der Waals surface area (Å²) in [5.74, 6) is -2.27. The van der Waals surface area contributed by atoms with Crippen molar-refractivity contribution in [1.29, 1.82) is 0 Å². The molecule has 0 aromatic heterocycles. The Morgan fingerprint density at radius 2 is 1.91 bits per heavy atom. The lowest BCUT2D eigenvalue weighted by atomic mass is 9.98. The van der Waals surface area contributed by atoms with Crippen LogP contribution in [0.3, 0.4) is 0 Å². The van der Waals surface area contributed by atoms with Gasteiger partial charge in [-0.25, -0.2) is 4.39 Å². The van der Waals surface area contributed by atoms with E-state index >= 15 is 0 Å². The molecule has 1 aliphatic rings.